The molecule has 0 aromatic heterocycles. The van der Waals surface area contributed by atoms with Gasteiger partial charge in [-0.1, -0.05) is 0 Å². The van der Waals surface area contributed by atoms with Gasteiger partial charge in [0.1, 0.15) is 6.54 Å². The summed E-state index contributed by atoms with van der Waals surface area (Å²) in [6.45, 7) is 5.78. The van der Waals surface area contributed by atoms with Crippen molar-refractivity contribution in [2.24, 2.45) is 4.99 Å². The Kier molecular flexibility index (Phi) is 3.88. The highest BCUT2D eigenvalue weighted by Crippen LogP contribution is 2.13. The van der Waals surface area contributed by atoms with Gasteiger partial charge in [0.15, 0.2) is 5.84 Å². The zero-order valence-electron chi connectivity index (χ0n) is 8.79. The number of hydrogen-bond acceptors (Lipinski definition) is 2. The van der Waals surface area contributed by atoms with Crippen LogP contribution < -0.4 is 0 Å². The summed E-state index contributed by atoms with van der Waals surface area (Å²) in [4.78, 5) is 4.43. The van der Waals surface area contributed by atoms with E-state index in [1.807, 2.05) is 0 Å². The summed E-state index contributed by atoms with van der Waals surface area (Å²) in [5.74, 6) is 1.27. The Hall–Kier alpha value is -0.410. The number of aliphatic imine (C=N–C) groups is 1. The van der Waals surface area contributed by atoms with Crippen molar-refractivity contribution in [2.75, 3.05) is 33.3 Å². The Morgan fingerprint density at radius 3 is 2.69 bits per heavy atom. The molecule has 1 aliphatic rings. The van der Waals surface area contributed by atoms with Gasteiger partial charge in [0, 0.05) is 13.5 Å². The van der Waals surface area contributed by atoms with E-state index in [9.17, 15) is 0 Å². The van der Waals surface area contributed by atoms with E-state index >= 15 is 0 Å². The lowest BCUT2D eigenvalue weighted by atomic mass is 10.2. The molecule has 3 nitrogen and oxygen atoms in total. The van der Waals surface area contributed by atoms with Gasteiger partial charge in [-0.25, -0.2) is 4.99 Å². The first-order valence-electron chi connectivity index (χ1n) is 5.16. The maximum Gasteiger partial charge on any atom is 0.195 e. The topological polar surface area (TPSA) is 32.6 Å². The molecule has 0 radical (unpaired) electrons. The first-order valence-corrected chi connectivity index (χ1v) is 5.16. The van der Waals surface area contributed by atoms with Gasteiger partial charge < -0.3 is 5.11 Å². The van der Waals surface area contributed by atoms with Crippen LogP contribution in [0.4, 0.5) is 0 Å². The summed E-state index contributed by atoms with van der Waals surface area (Å²) in [5, 5.41) is 8.65. The van der Waals surface area contributed by atoms with E-state index < -0.39 is 0 Å². The number of aliphatic hydroxyl groups excluding tert-OH is 1. The molecule has 1 aliphatic heterocycles. The highest BCUT2D eigenvalue weighted by atomic mass is 16.2. The Morgan fingerprint density at radius 2 is 2.15 bits per heavy atom. The fourth-order valence-electron chi connectivity index (χ4n) is 1.79. The molecule has 0 saturated carbocycles. The van der Waals surface area contributed by atoms with E-state index in [2.05, 4.69) is 19.0 Å². The fourth-order valence-corrected chi connectivity index (χ4v) is 1.79. The molecular formula is C10H21N2O+. The SMILES string of the molecule is CC1=NCC[N+]1(C)CCCCCO. The van der Waals surface area contributed by atoms with Crippen molar-refractivity contribution in [2.45, 2.75) is 26.2 Å². The molecule has 1 N–H and O–H groups in total. The van der Waals surface area contributed by atoms with Gasteiger partial charge in [-0.2, -0.15) is 0 Å². The van der Waals surface area contributed by atoms with E-state index in [4.69, 9.17) is 5.11 Å². The normalized spacial score (nSPS) is 27.8. The van der Waals surface area contributed by atoms with Gasteiger partial charge in [-0.05, 0) is 19.3 Å². The summed E-state index contributed by atoms with van der Waals surface area (Å²) in [6.07, 6.45) is 3.28. The van der Waals surface area contributed by atoms with Crippen LogP contribution in [0.25, 0.3) is 0 Å². The maximum absolute atomic E-state index is 8.65. The first-order chi connectivity index (χ1) is 6.19. The summed E-state index contributed by atoms with van der Waals surface area (Å²) >= 11 is 0. The van der Waals surface area contributed by atoms with Gasteiger partial charge in [-0.3, -0.25) is 4.48 Å². The molecule has 0 aromatic carbocycles. The van der Waals surface area contributed by atoms with Crippen LogP contribution in [-0.2, 0) is 0 Å². The second kappa shape index (κ2) is 4.72. The summed E-state index contributed by atoms with van der Waals surface area (Å²) in [7, 11) is 2.25. The minimum Gasteiger partial charge on any atom is -0.396 e. The standard InChI is InChI=1S/C10H21N2O/c1-10-11-6-8-12(10,2)7-4-3-5-9-13/h13H,3-9H2,1-2H3/q+1. The molecule has 1 unspecified atom stereocenters. The fraction of sp³-hybridized carbons (Fsp3) is 0.900. The highest BCUT2D eigenvalue weighted by Gasteiger charge is 2.29. The quantitative estimate of drug-likeness (QED) is 0.503. The molecule has 1 atom stereocenters. The van der Waals surface area contributed by atoms with Crippen LogP contribution in [0.2, 0.25) is 0 Å². The maximum atomic E-state index is 8.65. The van der Waals surface area contributed by atoms with Gasteiger partial charge in [0.2, 0.25) is 0 Å². The number of nitrogens with zero attached hydrogens (tertiary/aromatic N) is 2. The number of rotatable bonds is 5. The molecule has 3 heteroatoms. The van der Waals surface area contributed by atoms with Crippen LogP contribution in [0, 0.1) is 0 Å². The lowest BCUT2D eigenvalue weighted by Gasteiger charge is -2.28. The number of hydrogen-bond donors (Lipinski definition) is 1. The molecule has 0 aliphatic carbocycles. The predicted octanol–water partition coefficient (Wildman–Crippen LogP) is 1.03. The molecule has 0 bridgehead atoms. The summed E-state index contributed by atoms with van der Waals surface area (Å²) in [6, 6.07) is 0. The second-order valence-corrected chi connectivity index (χ2v) is 4.06. The molecule has 0 aromatic rings. The molecule has 13 heavy (non-hydrogen) atoms. The van der Waals surface area contributed by atoms with Crippen molar-refractivity contribution in [3.8, 4) is 0 Å². The van der Waals surface area contributed by atoms with Crippen LogP contribution in [-0.4, -0.2) is 48.7 Å². The van der Waals surface area contributed by atoms with E-state index in [1.165, 1.54) is 18.8 Å². The minimum absolute atomic E-state index is 0.330. The van der Waals surface area contributed by atoms with Crippen LogP contribution in [0.5, 0.6) is 0 Å². The first kappa shape index (κ1) is 10.7. The van der Waals surface area contributed by atoms with E-state index in [0.717, 1.165) is 30.4 Å². The van der Waals surface area contributed by atoms with E-state index in [1.54, 1.807) is 0 Å². The molecule has 0 amide bonds. The number of likely N-dealkylation sites (N-methyl/N-ethyl adjacent to an activating group) is 1. The summed E-state index contributed by atoms with van der Waals surface area (Å²) in [5.41, 5.74) is 0. The van der Waals surface area contributed by atoms with Crippen molar-refractivity contribution < 1.29 is 9.59 Å². The lowest BCUT2D eigenvalue weighted by molar-refractivity contribution is -0.814. The Labute approximate surface area is 80.7 Å². The Balaban J connectivity index is 2.23. The molecule has 76 valence electrons. The van der Waals surface area contributed by atoms with Crippen LogP contribution >= 0.6 is 0 Å². The third-order valence-corrected chi connectivity index (χ3v) is 3.03. The molecule has 0 spiro atoms. The number of aliphatic hydroxyl groups is 1. The van der Waals surface area contributed by atoms with Gasteiger partial charge in [0.25, 0.3) is 0 Å². The largest absolute Gasteiger partial charge is 0.396 e. The van der Waals surface area contributed by atoms with Crippen molar-refractivity contribution in [3.63, 3.8) is 0 Å². The number of amidine groups is 1. The monoisotopic (exact) mass is 185 g/mol. The molecule has 0 saturated heterocycles. The van der Waals surface area contributed by atoms with Gasteiger partial charge in [-0.15, -0.1) is 0 Å². The van der Waals surface area contributed by atoms with Crippen molar-refractivity contribution in [1.82, 2.24) is 0 Å². The van der Waals surface area contributed by atoms with E-state index in [0.29, 0.717) is 6.61 Å². The molecule has 1 rings (SSSR count). The minimum atomic E-state index is 0.330. The Bertz CT molecular complexity index is 191. The van der Waals surface area contributed by atoms with Gasteiger partial charge in [0.05, 0.1) is 20.1 Å². The van der Waals surface area contributed by atoms with Gasteiger partial charge >= 0.3 is 0 Å². The third-order valence-electron chi connectivity index (χ3n) is 3.03. The third kappa shape index (κ3) is 2.78. The number of unbranched alkanes of at least 4 members (excludes halogenated alkanes) is 2. The predicted molar refractivity (Wildman–Crippen MR) is 54.8 cm³/mol. The summed E-state index contributed by atoms with van der Waals surface area (Å²) < 4.78 is 1.02. The average molecular weight is 185 g/mol. The van der Waals surface area contributed by atoms with Crippen LogP contribution in [0.1, 0.15) is 26.2 Å². The average Bonchev–Trinajstić information content (AvgIpc) is 2.42. The lowest BCUT2D eigenvalue weighted by Crippen LogP contribution is -2.46. The van der Waals surface area contributed by atoms with E-state index in [-0.39, 0.29) is 0 Å². The second-order valence-electron chi connectivity index (χ2n) is 4.06. The van der Waals surface area contributed by atoms with Crippen molar-refractivity contribution >= 4 is 5.84 Å². The zero-order chi connectivity index (χ0) is 9.73. The molecule has 0 fully saturated rings. The molecule has 1 heterocycles. The Morgan fingerprint density at radius 1 is 1.38 bits per heavy atom. The highest BCUT2D eigenvalue weighted by molar-refractivity contribution is 5.73. The smallest absolute Gasteiger partial charge is 0.195 e. The van der Waals surface area contributed by atoms with Crippen LogP contribution in [0.15, 0.2) is 4.99 Å². The van der Waals surface area contributed by atoms with Crippen LogP contribution in [0.3, 0.4) is 0 Å². The van der Waals surface area contributed by atoms with Crippen molar-refractivity contribution in [3.05, 3.63) is 0 Å². The zero-order valence-corrected chi connectivity index (χ0v) is 8.79. The van der Waals surface area contributed by atoms with Crippen molar-refractivity contribution in [1.29, 1.82) is 0 Å². The number of quaternary nitrogens is 1. The molecular weight excluding hydrogens is 164 g/mol.